The van der Waals surface area contributed by atoms with E-state index < -0.39 is 5.56 Å². The Morgan fingerprint density at radius 3 is 2.50 bits per heavy atom. The van der Waals surface area contributed by atoms with E-state index in [1.54, 1.807) is 31.4 Å². The monoisotopic (exact) mass is 301 g/mol. The van der Waals surface area contributed by atoms with E-state index in [2.05, 4.69) is 10.1 Å². The predicted octanol–water partition coefficient (Wildman–Crippen LogP) is 1.16. The largest absolute Gasteiger partial charge is 0.497 e. The lowest BCUT2D eigenvalue weighted by Crippen LogP contribution is -2.18. The number of hydrogen-bond acceptors (Lipinski definition) is 4. The molecule has 0 unspecified atom stereocenters. The summed E-state index contributed by atoms with van der Waals surface area (Å²) >= 11 is 0. The molecule has 3 rings (SSSR count). The minimum Gasteiger partial charge on any atom is -0.497 e. The molecule has 0 aliphatic heterocycles. The molecule has 0 saturated carbocycles. The Hall–Kier alpha value is -2.80. The zero-order chi connectivity index (χ0) is 15.7. The first kappa shape index (κ1) is 14.2. The molecule has 114 valence electrons. The fraction of sp³-hybridized carbons (Fsp3) is 0.200. The first-order valence-corrected chi connectivity index (χ1v) is 6.64. The van der Waals surface area contributed by atoms with E-state index in [0.29, 0.717) is 22.8 Å². The first-order chi connectivity index (χ1) is 10.6. The normalized spacial score (nSPS) is 11.0. The summed E-state index contributed by atoms with van der Waals surface area (Å²) in [5.41, 5.74) is 0.853. The number of nitrogens with one attached hydrogen (secondary N) is 2. The number of fused-ring (bicyclic) bond motifs is 1. The van der Waals surface area contributed by atoms with Gasteiger partial charge >= 0.3 is 0 Å². The van der Waals surface area contributed by atoms with Crippen molar-refractivity contribution in [1.82, 2.24) is 14.8 Å². The second-order valence-electron chi connectivity index (χ2n) is 4.79. The van der Waals surface area contributed by atoms with Crippen LogP contribution in [-0.4, -0.2) is 29.0 Å². The second-order valence-corrected chi connectivity index (χ2v) is 4.79. The van der Waals surface area contributed by atoms with Crippen LogP contribution in [0.3, 0.4) is 0 Å². The summed E-state index contributed by atoms with van der Waals surface area (Å²) in [7, 11) is 3.11. The van der Waals surface area contributed by atoms with Gasteiger partial charge in [-0.2, -0.15) is 0 Å². The Bertz CT molecular complexity index is 919. The highest BCUT2D eigenvalue weighted by Gasteiger charge is 2.13. The standard InChI is InChI=1S/C15H15N3O4/c1-21-8-9-7-12(19)13-14(16-9)17-18(15(13)20)10-3-5-11(22-2)6-4-10/h3-7H,8H2,1-2H3,(H2,16,17,19). The number of ether oxygens (including phenoxy) is 2. The number of methoxy groups -OCH3 is 2. The molecular formula is C15H15N3O4. The predicted molar refractivity (Wildman–Crippen MR) is 81.8 cm³/mol. The fourth-order valence-corrected chi connectivity index (χ4v) is 2.33. The highest BCUT2D eigenvalue weighted by molar-refractivity contribution is 5.74. The van der Waals surface area contributed by atoms with Crippen molar-refractivity contribution in [3.63, 3.8) is 0 Å². The smallest absolute Gasteiger partial charge is 0.284 e. The third kappa shape index (κ3) is 2.31. The molecule has 0 spiro atoms. The van der Waals surface area contributed by atoms with Gasteiger partial charge in [-0.3, -0.25) is 14.7 Å². The summed E-state index contributed by atoms with van der Waals surface area (Å²) < 4.78 is 11.4. The van der Waals surface area contributed by atoms with Crippen LogP contribution in [0.4, 0.5) is 0 Å². The molecular weight excluding hydrogens is 286 g/mol. The molecule has 1 aromatic carbocycles. The number of rotatable bonds is 4. The van der Waals surface area contributed by atoms with Crippen molar-refractivity contribution in [2.45, 2.75) is 6.61 Å². The van der Waals surface area contributed by atoms with E-state index in [0.717, 1.165) is 0 Å². The van der Waals surface area contributed by atoms with E-state index >= 15 is 0 Å². The molecule has 3 aromatic rings. The van der Waals surface area contributed by atoms with Gasteiger partial charge in [0, 0.05) is 18.9 Å². The van der Waals surface area contributed by atoms with Crippen LogP contribution >= 0.6 is 0 Å². The van der Waals surface area contributed by atoms with Gasteiger partial charge in [-0.1, -0.05) is 0 Å². The van der Waals surface area contributed by atoms with Gasteiger partial charge < -0.3 is 14.5 Å². The maximum absolute atomic E-state index is 12.4. The zero-order valence-electron chi connectivity index (χ0n) is 12.2. The van der Waals surface area contributed by atoms with Gasteiger partial charge in [0.05, 0.1) is 19.4 Å². The molecule has 7 heteroatoms. The van der Waals surface area contributed by atoms with Gasteiger partial charge in [0.2, 0.25) is 0 Å². The maximum atomic E-state index is 12.4. The van der Waals surface area contributed by atoms with Crippen molar-refractivity contribution in [2.75, 3.05) is 14.2 Å². The van der Waals surface area contributed by atoms with Crippen LogP contribution in [0.15, 0.2) is 39.9 Å². The van der Waals surface area contributed by atoms with Crippen molar-refractivity contribution < 1.29 is 9.47 Å². The topological polar surface area (TPSA) is 89.1 Å². The van der Waals surface area contributed by atoms with Crippen molar-refractivity contribution in [2.24, 2.45) is 0 Å². The lowest BCUT2D eigenvalue weighted by molar-refractivity contribution is 0.181. The van der Waals surface area contributed by atoms with E-state index in [-0.39, 0.29) is 17.4 Å². The summed E-state index contributed by atoms with van der Waals surface area (Å²) in [6.45, 7) is 0.265. The lowest BCUT2D eigenvalue weighted by Gasteiger charge is -2.03. The molecule has 0 amide bonds. The van der Waals surface area contributed by atoms with Crippen LogP contribution in [0, 0.1) is 0 Å². The Morgan fingerprint density at radius 2 is 1.86 bits per heavy atom. The average Bonchev–Trinajstić information content (AvgIpc) is 2.85. The first-order valence-electron chi connectivity index (χ1n) is 6.64. The third-order valence-corrected chi connectivity index (χ3v) is 3.36. The van der Waals surface area contributed by atoms with E-state index in [4.69, 9.17) is 9.47 Å². The molecule has 0 aliphatic carbocycles. The number of nitrogens with zero attached hydrogens (tertiary/aromatic N) is 1. The highest BCUT2D eigenvalue weighted by Crippen LogP contribution is 2.14. The van der Waals surface area contributed by atoms with Crippen LogP contribution in [0.25, 0.3) is 16.7 Å². The highest BCUT2D eigenvalue weighted by atomic mass is 16.5. The Morgan fingerprint density at radius 1 is 1.14 bits per heavy atom. The summed E-state index contributed by atoms with van der Waals surface area (Å²) in [5, 5.41) is 3.00. The van der Waals surface area contributed by atoms with E-state index in [9.17, 15) is 9.59 Å². The van der Waals surface area contributed by atoms with Crippen LogP contribution < -0.4 is 15.7 Å². The van der Waals surface area contributed by atoms with Crippen molar-refractivity contribution >= 4 is 11.0 Å². The molecule has 2 heterocycles. The van der Waals surface area contributed by atoms with Crippen LogP contribution in [0.5, 0.6) is 5.75 Å². The Balaban J connectivity index is 2.18. The van der Waals surface area contributed by atoms with Crippen LogP contribution in [0.1, 0.15) is 5.69 Å². The van der Waals surface area contributed by atoms with Gasteiger partial charge in [0.25, 0.3) is 5.56 Å². The fourth-order valence-electron chi connectivity index (χ4n) is 2.33. The van der Waals surface area contributed by atoms with Gasteiger partial charge in [-0.25, -0.2) is 4.68 Å². The Labute approximate surface area is 125 Å². The summed E-state index contributed by atoms with van der Waals surface area (Å²) in [6.07, 6.45) is 0. The van der Waals surface area contributed by atoms with Gasteiger partial charge in [-0.05, 0) is 24.3 Å². The minimum atomic E-state index is -0.398. The van der Waals surface area contributed by atoms with Crippen LogP contribution in [0.2, 0.25) is 0 Å². The molecule has 0 bridgehead atoms. The molecule has 22 heavy (non-hydrogen) atoms. The average molecular weight is 301 g/mol. The van der Waals surface area contributed by atoms with Gasteiger partial charge in [-0.15, -0.1) is 0 Å². The molecule has 0 atom stereocenters. The number of hydrogen-bond donors (Lipinski definition) is 2. The summed E-state index contributed by atoms with van der Waals surface area (Å²) in [4.78, 5) is 27.5. The van der Waals surface area contributed by atoms with Crippen molar-refractivity contribution in [3.8, 4) is 11.4 Å². The molecule has 2 aromatic heterocycles. The summed E-state index contributed by atoms with van der Waals surface area (Å²) in [5.74, 6) is 0.686. The van der Waals surface area contributed by atoms with E-state index in [1.807, 2.05) is 0 Å². The Kier molecular flexibility index (Phi) is 3.56. The quantitative estimate of drug-likeness (QED) is 0.757. The SMILES string of the molecule is COCc1cc(=O)c2c(=O)n(-c3ccc(OC)cc3)[nH]c2[nH]1. The molecule has 0 fully saturated rings. The third-order valence-electron chi connectivity index (χ3n) is 3.36. The van der Waals surface area contributed by atoms with E-state index in [1.165, 1.54) is 17.9 Å². The molecule has 7 nitrogen and oxygen atoms in total. The number of H-pyrrole nitrogens is 2. The molecule has 0 aliphatic rings. The van der Waals surface area contributed by atoms with Crippen molar-refractivity contribution in [1.29, 1.82) is 0 Å². The van der Waals surface area contributed by atoms with Crippen LogP contribution in [-0.2, 0) is 11.3 Å². The number of aromatic nitrogens is 3. The van der Waals surface area contributed by atoms with Crippen molar-refractivity contribution in [3.05, 3.63) is 56.6 Å². The lowest BCUT2D eigenvalue weighted by atomic mass is 10.3. The number of pyridine rings is 1. The molecule has 0 saturated heterocycles. The number of benzene rings is 1. The maximum Gasteiger partial charge on any atom is 0.284 e. The second kappa shape index (κ2) is 5.53. The van der Waals surface area contributed by atoms with Gasteiger partial charge in [0.15, 0.2) is 5.43 Å². The summed E-state index contributed by atoms with van der Waals surface area (Å²) in [6, 6.07) is 8.32. The number of aromatic amines is 2. The zero-order valence-corrected chi connectivity index (χ0v) is 12.2. The molecule has 0 radical (unpaired) electrons. The molecule has 2 N–H and O–H groups in total. The minimum absolute atomic E-state index is 0.0932. The van der Waals surface area contributed by atoms with Gasteiger partial charge in [0.1, 0.15) is 16.8 Å².